The third kappa shape index (κ3) is 1.25. The van der Waals surface area contributed by atoms with Gasteiger partial charge in [-0.1, -0.05) is 0 Å². The van der Waals surface area contributed by atoms with E-state index in [-0.39, 0.29) is 6.61 Å². The fraction of sp³-hybridized carbons (Fsp3) is 1.00. The van der Waals surface area contributed by atoms with Gasteiger partial charge in [0.2, 0.25) is 5.79 Å². The van der Waals surface area contributed by atoms with Crippen LogP contribution in [0.4, 0.5) is 0 Å². The van der Waals surface area contributed by atoms with E-state index in [0.717, 1.165) is 0 Å². The molecule has 1 heterocycles. The Hall–Kier alpha value is -0.200. The summed E-state index contributed by atoms with van der Waals surface area (Å²) in [5.41, 5.74) is 0. The molecule has 1 fully saturated rings. The van der Waals surface area contributed by atoms with Crippen molar-refractivity contribution in [2.75, 3.05) is 20.3 Å². The van der Waals surface area contributed by atoms with Crippen LogP contribution < -0.4 is 0 Å². The highest BCUT2D eigenvalue weighted by molar-refractivity contribution is 4.90. The normalized spacial score (nSPS) is 44.7. The summed E-state index contributed by atoms with van der Waals surface area (Å²) in [6, 6.07) is 0. The average Bonchev–Trinajstić information content (AvgIpc) is 2.32. The van der Waals surface area contributed by atoms with Crippen molar-refractivity contribution in [1.82, 2.24) is 0 Å². The van der Waals surface area contributed by atoms with E-state index >= 15 is 0 Å². The summed E-state index contributed by atoms with van der Waals surface area (Å²) in [7, 11) is 1.30. The van der Waals surface area contributed by atoms with Crippen LogP contribution in [0.1, 0.15) is 0 Å². The lowest BCUT2D eigenvalue weighted by Gasteiger charge is -2.27. The van der Waals surface area contributed by atoms with Crippen LogP contribution in [0.5, 0.6) is 0 Å². The first kappa shape index (κ1) is 8.89. The van der Waals surface area contributed by atoms with Crippen LogP contribution in [-0.2, 0) is 9.47 Å². The molecule has 0 radical (unpaired) electrons. The Morgan fingerprint density at radius 3 is 2.45 bits per heavy atom. The molecule has 0 spiro atoms. The highest BCUT2D eigenvalue weighted by Gasteiger charge is 2.49. The molecule has 66 valence electrons. The number of aliphatic hydroxyl groups excluding tert-OH is 3. The van der Waals surface area contributed by atoms with Crippen LogP contribution in [0, 0.1) is 0 Å². The van der Waals surface area contributed by atoms with Crippen LogP contribution in [0.25, 0.3) is 0 Å². The van der Waals surface area contributed by atoms with Crippen molar-refractivity contribution in [3.05, 3.63) is 0 Å². The Labute approximate surface area is 64.2 Å². The minimum atomic E-state index is -1.43. The zero-order valence-corrected chi connectivity index (χ0v) is 6.23. The third-order valence-electron chi connectivity index (χ3n) is 1.88. The minimum absolute atomic E-state index is 0.0183. The predicted molar refractivity (Wildman–Crippen MR) is 34.8 cm³/mol. The molecule has 1 aliphatic rings. The fourth-order valence-corrected chi connectivity index (χ4v) is 1.08. The first-order chi connectivity index (χ1) is 5.16. The minimum Gasteiger partial charge on any atom is -0.391 e. The van der Waals surface area contributed by atoms with Gasteiger partial charge in [-0.2, -0.15) is 0 Å². The quantitative estimate of drug-likeness (QED) is 0.443. The Morgan fingerprint density at radius 1 is 1.64 bits per heavy atom. The molecule has 1 aliphatic heterocycles. The maximum Gasteiger partial charge on any atom is 0.220 e. The number of hydrogen-bond donors (Lipinski definition) is 3. The molecule has 0 aromatic carbocycles. The lowest BCUT2D eigenvalue weighted by molar-refractivity contribution is -0.251. The molecule has 0 aromatic rings. The smallest absolute Gasteiger partial charge is 0.220 e. The summed E-state index contributed by atoms with van der Waals surface area (Å²) in [5, 5.41) is 27.1. The van der Waals surface area contributed by atoms with Crippen LogP contribution in [0.15, 0.2) is 0 Å². The Bertz CT molecular complexity index is 133. The van der Waals surface area contributed by atoms with Gasteiger partial charge in [-0.05, 0) is 0 Å². The van der Waals surface area contributed by atoms with E-state index in [4.69, 9.17) is 19.7 Å². The first-order valence-corrected chi connectivity index (χ1v) is 3.32. The van der Waals surface area contributed by atoms with Gasteiger partial charge in [-0.25, -0.2) is 0 Å². The zero-order valence-electron chi connectivity index (χ0n) is 6.23. The Morgan fingerprint density at radius 2 is 2.27 bits per heavy atom. The van der Waals surface area contributed by atoms with Crippen molar-refractivity contribution < 1.29 is 24.8 Å². The highest BCUT2D eigenvalue weighted by atomic mass is 16.7. The Balaban J connectivity index is 2.69. The van der Waals surface area contributed by atoms with Gasteiger partial charge in [0, 0.05) is 7.11 Å². The van der Waals surface area contributed by atoms with Crippen LogP contribution in [0.2, 0.25) is 0 Å². The molecule has 0 aliphatic carbocycles. The van der Waals surface area contributed by atoms with Gasteiger partial charge < -0.3 is 24.8 Å². The van der Waals surface area contributed by atoms with Crippen molar-refractivity contribution in [1.29, 1.82) is 0 Å². The lowest BCUT2D eigenvalue weighted by Crippen LogP contribution is -2.47. The maximum absolute atomic E-state index is 9.25. The summed E-state index contributed by atoms with van der Waals surface area (Å²) >= 11 is 0. The van der Waals surface area contributed by atoms with Crippen molar-refractivity contribution in [3.8, 4) is 0 Å². The molecule has 0 aromatic heterocycles. The van der Waals surface area contributed by atoms with Gasteiger partial charge in [0.1, 0.15) is 18.8 Å². The number of hydrogen-bond acceptors (Lipinski definition) is 5. The summed E-state index contributed by atoms with van der Waals surface area (Å²) in [4.78, 5) is 0. The molecule has 11 heavy (non-hydrogen) atoms. The average molecular weight is 164 g/mol. The molecule has 1 rings (SSSR count). The lowest BCUT2D eigenvalue weighted by atomic mass is 10.1. The third-order valence-corrected chi connectivity index (χ3v) is 1.88. The first-order valence-electron chi connectivity index (χ1n) is 3.32. The molecule has 3 N–H and O–H groups in total. The van der Waals surface area contributed by atoms with Gasteiger partial charge in [0.05, 0.1) is 6.61 Å². The highest BCUT2D eigenvalue weighted by Crippen LogP contribution is 2.26. The van der Waals surface area contributed by atoms with E-state index in [1.807, 2.05) is 0 Å². The summed E-state index contributed by atoms with van der Waals surface area (Å²) in [5.74, 6) is -1.43. The standard InChI is InChI=1S/C6H12O5/c1-10-6(3-7)5(9)4(8)2-11-6/h4-5,7-9H,2-3H2,1H3/t4-,5+,6?/m1/s1. The van der Waals surface area contributed by atoms with Gasteiger partial charge in [-0.15, -0.1) is 0 Å². The molecule has 0 saturated carbocycles. The molecule has 0 bridgehead atoms. The van der Waals surface area contributed by atoms with Crippen molar-refractivity contribution in [2.45, 2.75) is 18.0 Å². The Kier molecular flexibility index (Phi) is 2.46. The van der Waals surface area contributed by atoms with Gasteiger partial charge in [-0.3, -0.25) is 0 Å². The second-order valence-corrected chi connectivity index (χ2v) is 2.50. The van der Waals surface area contributed by atoms with Gasteiger partial charge in [0.15, 0.2) is 0 Å². The number of rotatable bonds is 2. The molecule has 5 heteroatoms. The summed E-state index contributed by atoms with van der Waals surface area (Å²) < 4.78 is 9.64. The fourth-order valence-electron chi connectivity index (χ4n) is 1.08. The molecule has 5 nitrogen and oxygen atoms in total. The van der Waals surface area contributed by atoms with Crippen LogP contribution >= 0.6 is 0 Å². The predicted octanol–water partition coefficient (Wildman–Crippen LogP) is -1.93. The van der Waals surface area contributed by atoms with E-state index in [1.165, 1.54) is 7.11 Å². The van der Waals surface area contributed by atoms with Gasteiger partial charge in [0.25, 0.3) is 0 Å². The number of methoxy groups -OCH3 is 1. The van der Waals surface area contributed by atoms with E-state index in [2.05, 4.69) is 0 Å². The monoisotopic (exact) mass is 164 g/mol. The molecular weight excluding hydrogens is 152 g/mol. The van der Waals surface area contributed by atoms with Crippen molar-refractivity contribution in [2.24, 2.45) is 0 Å². The summed E-state index contributed by atoms with van der Waals surface area (Å²) in [6.45, 7) is -0.489. The van der Waals surface area contributed by atoms with Gasteiger partial charge >= 0.3 is 0 Å². The van der Waals surface area contributed by atoms with E-state index in [9.17, 15) is 5.11 Å². The molecule has 1 saturated heterocycles. The zero-order chi connectivity index (χ0) is 8.48. The second-order valence-electron chi connectivity index (χ2n) is 2.50. The SMILES string of the molecule is COC1(CO)OC[C@@H](O)[C@@H]1O. The summed E-state index contributed by atoms with van der Waals surface area (Å²) in [6.07, 6.45) is -2.17. The van der Waals surface area contributed by atoms with E-state index in [0.29, 0.717) is 0 Å². The van der Waals surface area contributed by atoms with Crippen molar-refractivity contribution in [3.63, 3.8) is 0 Å². The number of aliphatic hydroxyl groups is 3. The molecule has 1 unspecified atom stereocenters. The molecule has 3 atom stereocenters. The van der Waals surface area contributed by atoms with Crippen LogP contribution in [0.3, 0.4) is 0 Å². The molecule has 0 amide bonds. The van der Waals surface area contributed by atoms with Crippen LogP contribution in [-0.4, -0.2) is 53.6 Å². The topological polar surface area (TPSA) is 79.2 Å². The van der Waals surface area contributed by atoms with E-state index < -0.39 is 24.6 Å². The molecular formula is C6H12O5. The second kappa shape index (κ2) is 3.04. The maximum atomic E-state index is 9.25. The largest absolute Gasteiger partial charge is 0.391 e. The van der Waals surface area contributed by atoms with E-state index in [1.54, 1.807) is 0 Å². The van der Waals surface area contributed by atoms with Crippen molar-refractivity contribution >= 4 is 0 Å². The number of ether oxygens (including phenoxy) is 2.